The molecule has 0 aromatic carbocycles. The average molecular weight is 181 g/mol. The summed E-state index contributed by atoms with van der Waals surface area (Å²) in [5, 5.41) is 10.2. The summed E-state index contributed by atoms with van der Waals surface area (Å²) < 4.78 is 4.54. The fraction of sp³-hybridized carbons (Fsp3) is 0.250. The molecule has 0 spiro atoms. The van der Waals surface area contributed by atoms with Crippen molar-refractivity contribution < 1.29 is 9.53 Å². The number of rotatable bonds is 2. The van der Waals surface area contributed by atoms with Gasteiger partial charge >= 0.3 is 5.97 Å². The van der Waals surface area contributed by atoms with E-state index in [9.17, 15) is 4.79 Å². The van der Waals surface area contributed by atoms with Crippen molar-refractivity contribution >= 4 is 17.3 Å². The number of carbonyl (C=O) groups excluding carboxylic acids is 1. The molecule has 62 valence electrons. The molecule has 0 radical (unpaired) electrons. The maximum Gasteiger partial charge on any atom is 0.339 e. The van der Waals surface area contributed by atoms with E-state index >= 15 is 0 Å². The van der Waals surface area contributed by atoms with Crippen LogP contribution in [0.15, 0.2) is 11.4 Å². The molecule has 1 aromatic rings. The lowest BCUT2D eigenvalue weighted by Gasteiger charge is -1.96. The molecule has 0 unspecified atom stereocenters. The van der Waals surface area contributed by atoms with Crippen LogP contribution in [0.5, 0.6) is 0 Å². The van der Waals surface area contributed by atoms with E-state index in [1.165, 1.54) is 18.4 Å². The van der Waals surface area contributed by atoms with Crippen LogP contribution in [0.2, 0.25) is 0 Å². The molecule has 0 aliphatic rings. The van der Waals surface area contributed by atoms with E-state index in [0.717, 1.165) is 4.88 Å². The first kappa shape index (κ1) is 8.75. The fourth-order valence-corrected chi connectivity index (χ4v) is 1.64. The van der Waals surface area contributed by atoms with E-state index in [4.69, 9.17) is 5.26 Å². The Labute approximate surface area is 74.2 Å². The van der Waals surface area contributed by atoms with Gasteiger partial charge < -0.3 is 4.74 Å². The third-order valence-corrected chi connectivity index (χ3v) is 2.31. The Balaban J connectivity index is 2.92. The van der Waals surface area contributed by atoms with Gasteiger partial charge in [-0.25, -0.2) is 4.79 Å². The lowest BCUT2D eigenvalue weighted by molar-refractivity contribution is 0.0600. The Hall–Kier alpha value is -1.34. The molecule has 1 rings (SSSR count). The lowest BCUT2D eigenvalue weighted by atomic mass is 10.2. The van der Waals surface area contributed by atoms with Crippen molar-refractivity contribution in [3.05, 3.63) is 21.9 Å². The van der Waals surface area contributed by atoms with Crippen LogP contribution in [-0.4, -0.2) is 13.1 Å². The molecule has 0 amide bonds. The number of nitriles is 1. The molecule has 12 heavy (non-hydrogen) atoms. The molecule has 0 aliphatic heterocycles. The van der Waals surface area contributed by atoms with Crippen molar-refractivity contribution in [2.75, 3.05) is 7.11 Å². The number of carbonyl (C=O) groups is 1. The van der Waals surface area contributed by atoms with Crippen LogP contribution in [0, 0.1) is 11.3 Å². The quantitative estimate of drug-likeness (QED) is 0.651. The number of esters is 1. The van der Waals surface area contributed by atoms with Gasteiger partial charge in [0.25, 0.3) is 0 Å². The molecule has 0 N–H and O–H groups in total. The predicted molar refractivity (Wildman–Crippen MR) is 45.0 cm³/mol. The first-order valence-corrected chi connectivity index (χ1v) is 4.19. The van der Waals surface area contributed by atoms with E-state index < -0.39 is 0 Å². The monoisotopic (exact) mass is 181 g/mol. The van der Waals surface area contributed by atoms with Gasteiger partial charge in [0.2, 0.25) is 0 Å². The number of hydrogen-bond acceptors (Lipinski definition) is 4. The zero-order chi connectivity index (χ0) is 8.97. The third-order valence-electron chi connectivity index (χ3n) is 1.39. The molecule has 0 saturated carbocycles. The molecule has 4 heteroatoms. The second-order valence-corrected chi connectivity index (χ2v) is 3.08. The van der Waals surface area contributed by atoms with Crippen LogP contribution in [0.1, 0.15) is 15.2 Å². The Morgan fingerprint density at radius 2 is 2.58 bits per heavy atom. The first-order chi connectivity index (χ1) is 5.79. The zero-order valence-corrected chi connectivity index (χ0v) is 7.35. The molecule has 3 nitrogen and oxygen atoms in total. The van der Waals surface area contributed by atoms with Gasteiger partial charge in [0.15, 0.2) is 0 Å². The largest absolute Gasteiger partial charge is 0.465 e. The van der Waals surface area contributed by atoms with Crippen molar-refractivity contribution in [3.63, 3.8) is 0 Å². The summed E-state index contributed by atoms with van der Waals surface area (Å²) in [7, 11) is 1.33. The zero-order valence-electron chi connectivity index (χ0n) is 6.53. The minimum absolute atomic E-state index is 0.266. The number of methoxy groups -OCH3 is 1. The second-order valence-electron chi connectivity index (χ2n) is 2.08. The highest BCUT2D eigenvalue weighted by Crippen LogP contribution is 2.17. The average Bonchev–Trinajstić information content (AvgIpc) is 2.52. The topological polar surface area (TPSA) is 50.1 Å². The molecule has 1 heterocycles. The van der Waals surface area contributed by atoms with Crippen LogP contribution in [-0.2, 0) is 11.2 Å². The molecule has 0 atom stereocenters. The molecular formula is C8H7NO2S. The smallest absolute Gasteiger partial charge is 0.339 e. The number of ether oxygens (including phenoxy) is 1. The summed E-state index contributed by atoms with van der Waals surface area (Å²) in [5.41, 5.74) is 0.504. The molecule has 0 fully saturated rings. The summed E-state index contributed by atoms with van der Waals surface area (Å²) in [6.45, 7) is 0. The van der Waals surface area contributed by atoms with Crippen molar-refractivity contribution in [2.45, 2.75) is 6.42 Å². The van der Waals surface area contributed by atoms with Crippen molar-refractivity contribution in [1.82, 2.24) is 0 Å². The highest BCUT2D eigenvalue weighted by atomic mass is 32.1. The molecule has 0 saturated heterocycles. The van der Waals surface area contributed by atoms with Crippen molar-refractivity contribution in [1.29, 1.82) is 5.26 Å². The Morgan fingerprint density at radius 3 is 3.17 bits per heavy atom. The molecule has 0 aliphatic carbocycles. The van der Waals surface area contributed by atoms with Gasteiger partial charge in [-0.1, -0.05) is 0 Å². The maximum atomic E-state index is 11.0. The van der Waals surface area contributed by atoms with Gasteiger partial charge in [0, 0.05) is 4.88 Å². The molecule has 0 bridgehead atoms. The second kappa shape index (κ2) is 3.88. The van der Waals surface area contributed by atoms with Gasteiger partial charge in [0.05, 0.1) is 25.2 Å². The lowest BCUT2D eigenvalue weighted by Crippen LogP contribution is -2.01. The van der Waals surface area contributed by atoms with E-state index in [1.807, 2.05) is 6.07 Å². The molecular weight excluding hydrogens is 174 g/mol. The maximum absolute atomic E-state index is 11.0. The highest BCUT2D eigenvalue weighted by Gasteiger charge is 2.11. The molecule has 1 aromatic heterocycles. The number of thiophene rings is 1. The normalized spacial score (nSPS) is 9.00. The Kier molecular flexibility index (Phi) is 2.83. The standard InChI is InChI=1S/C8H7NO2S/c1-11-8(10)6-3-5-12-7(6)2-4-9/h3,5H,2H2,1H3. The van der Waals surface area contributed by atoms with Crippen molar-refractivity contribution in [3.8, 4) is 6.07 Å². The Bertz CT molecular complexity index is 324. The van der Waals surface area contributed by atoms with Gasteiger partial charge in [-0.3, -0.25) is 0 Å². The van der Waals surface area contributed by atoms with Gasteiger partial charge in [0.1, 0.15) is 0 Å². The van der Waals surface area contributed by atoms with Crippen molar-refractivity contribution in [2.24, 2.45) is 0 Å². The number of nitrogens with zero attached hydrogens (tertiary/aromatic N) is 1. The van der Waals surface area contributed by atoms with Crippen LogP contribution in [0.3, 0.4) is 0 Å². The van der Waals surface area contributed by atoms with Gasteiger partial charge in [-0.15, -0.1) is 11.3 Å². The highest BCUT2D eigenvalue weighted by molar-refractivity contribution is 7.10. The summed E-state index contributed by atoms with van der Waals surface area (Å²) in [6.07, 6.45) is 0.266. The summed E-state index contributed by atoms with van der Waals surface area (Å²) >= 11 is 1.39. The minimum atomic E-state index is -0.374. The summed E-state index contributed by atoms with van der Waals surface area (Å²) in [5.74, 6) is -0.374. The van der Waals surface area contributed by atoms with Gasteiger partial charge in [-0.05, 0) is 11.4 Å². The SMILES string of the molecule is COC(=O)c1ccsc1CC#N. The summed E-state index contributed by atoms with van der Waals surface area (Å²) in [4.78, 5) is 11.8. The van der Waals surface area contributed by atoms with Crippen LogP contribution in [0.4, 0.5) is 0 Å². The van der Waals surface area contributed by atoms with E-state index in [1.54, 1.807) is 11.4 Å². The van der Waals surface area contributed by atoms with Crippen LogP contribution >= 0.6 is 11.3 Å². The van der Waals surface area contributed by atoms with E-state index in [2.05, 4.69) is 4.74 Å². The number of hydrogen-bond donors (Lipinski definition) is 0. The Morgan fingerprint density at radius 1 is 1.83 bits per heavy atom. The van der Waals surface area contributed by atoms with E-state index in [-0.39, 0.29) is 12.4 Å². The van der Waals surface area contributed by atoms with E-state index in [0.29, 0.717) is 5.56 Å². The summed E-state index contributed by atoms with van der Waals surface area (Å²) in [6, 6.07) is 3.66. The first-order valence-electron chi connectivity index (χ1n) is 3.31. The minimum Gasteiger partial charge on any atom is -0.465 e. The fourth-order valence-electron chi connectivity index (χ4n) is 0.841. The predicted octanol–water partition coefficient (Wildman–Crippen LogP) is 1.60. The third kappa shape index (κ3) is 1.63. The van der Waals surface area contributed by atoms with Gasteiger partial charge in [-0.2, -0.15) is 5.26 Å². The van der Waals surface area contributed by atoms with Crippen LogP contribution < -0.4 is 0 Å². The van der Waals surface area contributed by atoms with Crippen LogP contribution in [0.25, 0.3) is 0 Å².